The second-order valence-electron chi connectivity index (χ2n) is 6.03. The molecule has 146 valence electrons. The van der Waals surface area contributed by atoms with E-state index in [4.69, 9.17) is 14.2 Å². The van der Waals surface area contributed by atoms with Gasteiger partial charge >= 0.3 is 5.97 Å². The summed E-state index contributed by atoms with van der Waals surface area (Å²) in [5.74, 6) is 0.769. The first kappa shape index (κ1) is 20.4. The molecule has 0 bridgehead atoms. The standard InChI is InChI=1S/C20H26N2O5/c1-6-27-20(24)17-12(2)18(22-13(17)3)19(23)21-10-9-14-11-15(25-4)7-8-16(14)26-5/h7-8,11,22H,6,9-10H2,1-5H3,(H,21,23). The van der Waals surface area contributed by atoms with Gasteiger partial charge in [0.25, 0.3) is 5.91 Å². The Hall–Kier alpha value is -2.96. The Morgan fingerprint density at radius 3 is 2.52 bits per heavy atom. The fourth-order valence-corrected chi connectivity index (χ4v) is 2.96. The highest BCUT2D eigenvalue weighted by Gasteiger charge is 2.22. The second kappa shape index (κ2) is 9.12. The average molecular weight is 374 g/mol. The number of ether oxygens (including phenoxy) is 3. The molecule has 0 saturated carbocycles. The average Bonchev–Trinajstić information content (AvgIpc) is 2.96. The lowest BCUT2D eigenvalue weighted by molar-refractivity contribution is 0.0525. The summed E-state index contributed by atoms with van der Waals surface area (Å²) in [7, 11) is 3.21. The number of H-pyrrole nitrogens is 1. The van der Waals surface area contributed by atoms with Crippen LogP contribution in [0.15, 0.2) is 18.2 Å². The molecule has 0 aliphatic heterocycles. The van der Waals surface area contributed by atoms with Gasteiger partial charge in [0.2, 0.25) is 0 Å². The molecule has 27 heavy (non-hydrogen) atoms. The predicted molar refractivity (Wildman–Crippen MR) is 102 cm³/mol. The van der Waals surface area contributed by atoms with E-state index in [1.807, 2.05) is 18.2 Å². The fourth-order valence-electron chi connectivity index (χ4n) is 2.96. The van der Waals surface area contributed by atoms with Crippen LogP contribution < -0.4 is 14.8 Å². The van der Waals surface area contributed by atoms with E-state index >= 15 is 0 Å². The van der Waals surface area contributed by atoms with Crippen LogP contribution >= 0.6 is 0 Å². The summed E-state index contributed by atoms with van der Waals surface area (Å²) in [5.41, 5.74) is 2.92. The number of aromatic amines is 1. The minimum absolute atomic E-state index is 0.270. The fraction of sp³-hybridized carbons (Fsp3) is 0.400. The molecule has 7 nitrogen and oxygen atoms in total. The maximum absolute atomic E-state index is 12.5. The van der Waals surface area contributed by atoms with Gasteiger partial charge in [-0.15, -0.1) is 0 Å². The van der Waals surface area contributed by atoms with E-state index in [2.05, 4.69) is 10.3 Å². The number of benzene rings is 1. The Kier molecular flexibility index (Phi) is 6.87. The van der Waals surface area contributed by atoms with E-state index in [0.717, 1.165) is 17.1 Å². The van der Waals surface area contributed by atoms with Gasteiger partial charge < -0.3 is 24.5 Å². The summed E-state index contributed by atoms with van der Waals surface area (Å²) in [6, 6.07) is 5.54. The zero-order chi connectivity index (χ0) is 20.0. The summed E-state index contributed by atoms with van der Waals surface area (Å²) in [4.78, 5) is 27.6. The van der Waals surface area contributed by atoms with Gasteiger partial charge in [0, 0.05) is 12.2 Å². The number of esters is 1. The molecular weight excluding hydrogens is 348 g/mol. The summed E-state index contributed by atoms with van der Waals surface area (Å²) in [5, 5.41) is 2.87. The minimum atomic E-state index is -0.427. The van der Waals surface area contributed by atoms with Gasteiger partial charge in [0.1, 0.15) is 17.2 Å². The molecule has 1 aromatic carbocycles. The molecule has 2 N–H and O–H groups in total. The van der Waals surface area contributed by atoms with Crippen molar-refractivity contribution in [2.75, 3.05) is 27.4 Å². The van der Waals surface area contributed by atoms with Crippen molar-refractivity contribution in [3.8, 4) is 11.5 Å². The molecule has 1 heterocycles. The number of hydrogen-bond acceptors (Lipinski definition) is 5. The Balaban J connectivity index is 2.07. The highest BCUT2D eigenvalue weighted by molar-refractivity contribution is 6.00. The van der Waals surface area contributed by atoms with Gasteiger partial charge in [-0.3, -0.25) is 4.79 Å². The molecular formula is C20H26N2O5. The highest BCUT2D eigenvalue weighted by Crippen LogP contribution is 2.24. The number of rotatable bonds is 8. The number of aromatic nitrogens is 1. The van der Waals surface area contributed by atoms with Crippen LogP contribution in [-0.4, -0.2) is 44.2 Å². The Morgan fingerprint density at radius 2 is 1.89 bits per heavy atom. The Labute approximate surface area is 159 Å². The van der Waals surface area contributed by atoms with Gasteiger partial charge in [-0.25, -0.2) is 4.79 Å². The van der Waals surface area contributed by atoms with E-state index < -0.39 is 5.97 Å². The Bertz CT molecular complexity index is 826. The van der Waals surface area contributed by atoms with Crippen molar-refractivity contribution in [3.63, 3.8) is 0 Å². The summed E-state index contributed by atoms with van der Waals surface area (Å²) < 4.78 is 15.6. The van der Waals surface area contributed by atoms with Crippen LogP contribution in [0.3, 0.4) is 0 Å². The molecule has 0 atom stereocenters. The van der Waals surface area contributed by atoms with E-state index in [-0.39, 0.29) is 12.5 Å². The van der Waals surface area contributed by atoms with Crippen LogP contribution in [0, 0.1) is 13.8 Å². The first-order valence-electron chi connectivity index (χ1n) is 8.78. The number of carbonyl (C=O) groups excluding carboxylic acids is 2. The third-order valence-electron chi connectivity index (χ3n) is 4.31. The quantitative estimate of drug-likeness (QED) is 0.694. The molecule has 1 amide bonds. The molecule has 0 aliphatic carbocycles. The number of methoxy groups -OCH3 is 2. The lowest BCUT2D eigenvalue weighted by Gasteiger charge is -2.11. The van der Waals surface area contributed by atoms with Gasteiger partial charge in [-0.2, -0.15) is 0 Å². The van der Waals surface area contributed by atoms with Crippen LogP contribution in [-0.2, 0) is 11.2 Å². The molecule has 2 aromatic rings. The van der Waals surface area contributed by atoms with Crippen LogP contribution in [0.5, 0.6) is 11.5 Å². The lowest BCUT2D eigenvalue weighted by atomic mass is 10.1. The SMILES string of the molecule is CCOC(=O)c1c(C)[nH]c(C(=O)NCCc2cc(OC)ccc2OC)c1C. The number of aryl methyl sites for hydroxylation is 1. The predicted octanol–water partition coefficient (Wildman–Crippen LogP) is 2.80. The third-order valence-corrected chi connectivity index (χ3v) is 4.31. The van der Waals surface area contributed by atoms with Gasteiger partial charge in [0.05, 0.1) is 26.4 Å². The molecule has 0 aliphatic rings. The smallest absolute Gasteiger partial charge is 0.340 e. The maximum Gasteiger partial charge on any atom is 0.340 e. The molecule has 2 rings (SSSR count). The normalized spacial score (nSPS) is 10.4. The lowest BCUT2D eigenvalue weighted by Crippen LogP contribution is -2.26. The topological polar surface area (TPSA) is 89.7 Å². The zero-order valence-corrected chi connectivity index (χ0v) is 16.4. The number of nitrogens with one attached hydrogen (secondary N) is 2. The Morgan fingerprint density at radius 1 is 1.15 bits per heavy atom. The first-order chi connectivity index (χ1) is 12.9. The second-order valence-corrected chi connectivity index (χ2v) is 6.03. The van der Waals surface area contributed by atoms with Crippen LogP contribution in [0.1, 0.15) is 44.6 Å². The van der Waals surface area contributed by atoms with E-state index in [0.29, 0.717) is 35.5 Å². The highest BCUT2D eigenvalue weighted by atomic mass is 16.5. The van der Waals surface area contributed by atoms with Crippen LogP contribution in [0.2, 0.25) is 0 Å². The van der Waals surface area contributed by atoms with E-state index in [1.165, 1.54) is 0 Å². The van der Waals surface area contributed by atoms with Gasteiger partial charge in [-0.1, -0.05) is 0 Å². The van der Waals surface area contributed by atoms with Crippen molar-refractivity contribution in [1.82, 2.24) is 10.3 Å². The first-order valence-corrected chi connectivity index (χ1v) is 8.78. The van der Waals surface area contributed by atoms with E-state index in [1.54, 1.807) is 35.0 Å². The molecule has 1 aromatic heterocycles. The summed E-state index contributed by atoms with van der Waals surface area (Å²) in [6.45, 7) is 5.92. The third kappa shape index (κ3) is 4.61. The van der Waals surface area contributed by atoms with Crippen molar-refractivity contribution >= 4 is 11.9 Å². The molecule has 0 saturated heterocycles. The molecule has 0 fully saturated rings. The molecule has 0 radical (unpaired) electrons. The van der Waals surface area contributed by atoms with Crippen molar-refractivity contribution < 1.29 is 23.8 Å². The van der Waals surface area contributed by atoms with Crippen LogP contribution in [0.4, 0.5) is 0 Å². The van der Waals surface area contributed by atoms with Crippen LogP contribution in [0.25, 0.3) is 0 Å². The van der Waals surface area contributed by atoms with Crippen molar-refractivity contribution in [2.45, 2.75) is 27.2 Å². The number of amides is 1. The molecule has 0 spiro atoms. The largest absolute Gasteiger partial charge is 0.497 e. The maximum atomic E-state index is 12.5. The van der Waals surface area contributed by atoms with Crippen molar-refractivity contribution in [2.24, 2.45) is 0 Å². The number of carbonyl (C=O) groups is 2. The summed E-state index contributed by atoms with van der Waals surface area (Å²) in [6.07, 6.45) is 0.579. The molecule has 0 unspecified atom stereocenters. The monoisotopic (exact) mass is 374 g/mol. The van der Waals surface area contributed by atoms with Gasteiger partial charge in [0.15, 0.2) is 0 Å². The van der Waals surface area contributed by atoms with Gasteiger partial charge in [-0.05, 0) is 56.5 Å². The van der Waals surface area contributed by atoms with Crippen molar-refractivity contribution in [3.05, 3.63) is 46.3 Å². The van der Waals surface area contributed by atoms with E-state index in [9.17, 15) is 9.59 Å². The van der Waals surface area contributed by atoms with Crippen molar-refractivity contribution in [1.29, 1.82) is 0 Å². The molecule has 7 heteroatoms. The summed E-state index contributed by atoms with van der Waals surface area (Å²) >= 11 is 0. The number of hydrogen-bond donors (Lipinski definition) is 2. The minimum Gasteiger partial charge on any atom is -0.497 e. The zero-order valence-electron chi connectivity index (χ0n) is 16.4.